The summed E-state index contributed by atoms with van der Waals surface area (Å²) in [6.07, 6.45) is 1.79. The van der Waals surface area contributed by atoms with Crippen LogP contribution in [0.2, 0.25) is 0 Å². The largest absolute Gasteiger partial charge is 0.323 e. The number of fused-ring (bicyclic) bond motifs is 1. The molecule has 5 nitrogen and oxygen atoms in total. The highest BCUT2D eigenvalue weighted by molar-refractivity contribution is 5.75. The molecule has 0 radical (unpaired) electrons. The molecule has 1 atom stereocenters. The number of H-pyrrole nitrogens is 2. The van der Waals surface area contributed by atoms with E-state index in [0.717, 1.165) is 22.3 Å². The lowest BCUT2D eigenvalue weighted by molar-refractivity contribution is 0.568. The Morgan fingerprint density at radius 3 is 2.85 bits per heavy atom. The summed E-state index contributed by atoms with van der Waals surface area (Å²) >= 11 is 0. The number of nitrogens with zero attached hydrogens (tertiary/aromatic N) is 1. The average Bonchev–Trinajstić information content (AvgIpc) is 2.85. The summed E-state index contributed by atoms with van der Waals surface area (Å²) in [5.74, 6) is 0. The van der Waals surface area contributed by atoms with Gasteiger partial charge < -0.3 is 15.3 Å². The van der Waals surface area contributed by atoms with E-state index in [4.69, 9.17) is 0 Å². The number of rotatable bonds is 4. The Hall–Kier alpha value is -2.40. The van der Waals surface area contributed by atoms with Gasteiger partial charge in [0.2, 0.25) is 0 Å². The molecule has 0 aliphatic heterocycles. The van der Waals surface area contributed by atoms with E-state index in [9.17, 15) is 4.79 Å². The van der Waals surface area contributed by atoms with Crippen molar-refractivity contribution in [2.45, 2.75) is 19.5 Å². The predicted octanol–water partition coefficient (Wildman–Crippen LogP) is 2.10. The molecule has 0 saturated heterocycles. The van der Waals surface area contributed by atoms with E-state index in [1.165, 1.54) is 0 Å². The number of aromatic nitrogens is 3. The van der Waals surface area contributed by atoms with E-state index < -0.39 is 0 Å². The van der Waals surface area contributed by atoms with Crippen molar-refractivity contribution in [2.75, 3.05) is 0 Å². The van der Waals surface area contributed by atoms with Crippen LogP contribution < -0.4 is 11.0 Å². The van der Waals surface area contributed by atoms with Gasteiger partial charge in [-0.15, -0.1) is 0 Å². The van der Waals surface area contributed by atoms with Gasteiger partial charge in [0.25, 0.3) is 0 Å². The number of aromatic amines is 2. The molecule has 1 unspecified atom stereocenters. The molecule has 3 aromatic rings. The molecule has 2 aromatic heterocycles. The Balaban J connectivity index is 1.74. The molecule has 0 amide bonds. The van der Waals surface area contributed by atoms with Gasteiger partial charge in [-0.3, -0.25) is 4.98 Å². The van der Waals surface area contributed by atoms with E-state index in [1.54, 1.807) is 6.20 Å². The SMILES string of the molecule is CC(NCc1ccccn1)c1ccc2[nH]c(=O)[nH]c2c1. The molecule has 0 aliphatic carbocycles. The zero-order valence-electron chi connectivity index (χ0n) is 11.2. The second-order valence-electron chi connectivity index (χ2n) is 4.81. The fraction of sp³-hybridized carbons (Fsp3) is 0.200. The number of hydrogen-bond donors (Lipinski definition) is 3. The molecule has 0 fully saturated rings. The van der Waals surface area contributed by atoms with Gasteiger partial charge in [-0.05, 0) is 36.8 Å². The molecule has 3 rings (SSSR count). The van der Waals surface area contributed by atoms with Crippen molar-refractivity contribution in [3.05, 3.63) is 64.3 Å². The molecule has 1 aromatic carbocycles. The van der Waals surface area contributed by atoms with Crippen LogP contribution in [0.15, 0.2) is 47.4 Å². The first-order chi connectivity index (χ1) is 9.72. The summed E-state index contributed by atoms with van der Waals surface area (Å²) < 4.78 is 0. The summed E-state index contributed by atoms with van der Waals surface area (Å²) in [5, 5.41) is 3.42. The van der Waals surface area contributed by atoms with Crippen LogP contribution in [0.4, 0.5) is 0 Å². The van der Waals surface area contributed by atoms with Crippen LogP contribution in [0, 0.1) is 0 Å². The van der Waals surface area contributed by atoms with E-state index in [2.05, 4.69) is 27.2 Å². The van der Waals surface area contributed by atoms with Crippen LogP contribution in [-0.4, -0.2) is 15.0 Å². The van der Waals surface area contributed by atoms with Crippen LogP contribution in [0.3, 0.4) is 0 Å². The summed E-state index contributed by atoms with van der Waals surface area (Å²) in [4.78, 5) is 21.0. The van der Waals surface area contributed by atoms with E-state index >= 15 is 0 Å². The van der Waals surface area contributed by atoms with Gasteiger partial charge in [-0.1, -0.05) is 12.1 Å². The first-order valence-electron chi connectivity index (χ1n) is 6.57. The van der Waals surface area contributed by atoms with Crippen LogP contribution in [-0.2, 0) is 6.54 Å². The summed E-state index contributed by atoms with van der Waals surface area (Å²) in [6, 6.07) is 12.0. The van der Waals surface area contributed by atoms with Gasteiger partial charge in [-0.2, -0.15) is 0 Å². The molecule has 0 saturated carbocycles. The molecule has 20 heavy (non-hydrogen) atoms. The Labute approximate surface area is 116 Å². The van der Waals surface area contributed by atoms with Crippen molar-refractivity contribution < 1.29 is 0 Å². The number of nitrogens with one attached hydrogen (secondary N) is 3. The number of hydrogen-bond acceptors (Lipinski definition) is 3. The Kier molecular flexibility index (Phi) is 3.35. The number of imidazole rings is 1. The number of benzene rings is 1. The highest BCUT2D eigenvalue weighted by Crippen LogP contribution is 2.17. The van der Waals surface area contributed by atoms with Gasteiger partial charge >= 0.3 is 5.69 Å². The standard InChI is InChI=1S/C15H16N4O/c1-10(17-9-12-4-2-3-7-16-12)11-5-6-13-14(8-11)19-15(20)18-13/h2-8,10,17H,9H2,1H3,(H2,18,19,20). The maximum atomic E-state index is 11.2. The van der Waals surface area contributed by atoms with E-state index in [-0.39, 0.29) is 11.7 Å². The van der Waals surface area contributed by atoms with Gasteiger partial charge in [0.05, 0.1) is 16.7 Å². The van der Waals surface area contributed by atoms with Gasteiger partial charge in [0.1, 0.15) is 0 Å². The molecule has 3 N–H and O–H groups in total. The van der Waals surface area contributed by atoms with Gasteiger partial charge in [-0.25, -0.2) is 4.79 Å². The molecule has 5 heteroatoms. The molecular weight excluding hydrogens is 252 g/mol. The summed E-state index contributed by atoms with van der Waals surface area (Å²) in [7, 11) is 0. The lowest BCUT2D eigenvalue weighted by Gasteiger charge is -2.14. The van der Waals surface area contributed by atoms with Crippen molar-refractivity contribution in [3.8, 4) is 0 Å². The highest BCUT2D eigenvalue weighted by atomic mass is 16.1. The smallest absolute Gasteiger partial charge is 0.306 e. The third-order valence-corrected chi connectivity index (χ3v) is 3.36. The molecule has 2 heterocycles. The van der Waals surface area contributed by atoms with Crippen LogP contribution in [0.1, 0.15) is 24.2 Å². The minimum Gasteiger partial charge on any atom is -0.306 e. The first kappa shape index (κ1) is 12.6. The normalized spacial score (nSPS) is 12.7. The average molecular weight is 268 g/mol. The fourth-order valence-electron chi connectivity index (χ4n) is 2.20. The van der Waals surface area contributed by atoms with E-state index in [1.807, 2.05) is 36.4 Å². The van der Waals surface area contributed by atoms with Crippen molar-refractivity contribution >= 4 is 11.0 Å². The van der Waals surface area contributed by atoms with Crippen molar-refractivity contribution in [1.29, 1.82) is 0 Å². The van der Waals surface area contributed by atoms with Crippen molar-refractivity contribution in [2.24, 2.45) is 0 Å². The fourth-order valence-corrected chi connectivity index (χ4v) is 2.20. The lowest BCUT2D eigenvalue weighted by Crippen LogP contribution is -2.18. The monoisotopic (exact) mass is 268 g/mol. The molecule has 102 valence electrons. The Morgan fingerprint density at radius 2 is 2.05 bits per heavy atom. The molecule has 0 bridgehead atoms. The van der Waals surface area contributed by atoms with Crippen molar-refractivity contribution in [1.82, 2.24) is 20.3 Å². The first-order valence-corrected chi connectivity index (χ1v) is 6.57. The maximum Gasteiger partial charge on any atom is 0.323 e. The summed E-state index contributed by atoms with van der Waals surface area (Å²) in [5.41, 5.74) is 3.63. The highest BCUT2D eigenvalue weighted by Gasteiger charge is 2.07. The minimum atomic E-state index is -0.175. The lowest BCUT2D eigenvalue weighted by atomic mass is 10.1. The molecule has 0 aliphatic rings. The third-order valence-electron chi connectivity index (χ3n) is 3.36. The Bertz CT molecular complexity index is 760. The number of pyridine rings is 1. The molecule has 0 spiro atoms. The van der Waals surface area contributed by atoms with Crippen LogP contribution in [0.25, 0.3) is 11.0 Å². The maximum absolute atomic E-state index is 11.2. The second-order valence-corrected chi connectivity index (χ2v) is 4.81. The summed E-state index contributed by atoms with van der Waals surface area (Å²) in [6.45, 7) is 2.80. The van der Waals surface area contributed by atoms with Gasteiger partial charge in [0, 0.05) is 18.8 Å². The van der Waals surface area contributed by atoms with Gasteiger partial charge in [0.15, 0.2) is 0 Å². The predicted molar refractivity (Wildman–Crippen MR) is 78.4 cm³/mol. The zero-order chi connectivity index (χ0) is 13.9. The van der Waals surface area contributed by atoms with Crippen LogP contribution in [0.5, 0.6) is 0 Å². The Morgan fingerprint density at radius 1 is 1.20 bits per heavy atom. The third kappa shape index (κ3) is 2.62. The zero-order valence-corrected chi connectivity index (χ0v) is 11.2. The second kappa shape index (κ2) is 5.30. The van der Waals surface area contributed by atoms with Crippen molar-refractivity contribution in [3.63, 3.8) is 0 Å². The minimum absolute atomic E-state index is 0.175. The van der Waals surface area contributed by atoms with Crippen LogP contribution >= 0.6 is 0 Å². The van der Waals surface area contributed by atoms with E-state index in [0.29, 0.717) is 6.54 Å². The topological polar surface area (TPSA) is 73.6 Å². The molecular formula is C15H16N4O. The quantitative estimate of drug-likeness (QED) is 0.678.